The lowest BCUT2D eigenvalue weighted by atomic mass is 10.1. The molecule has 0 saturated heterocycles. The van der Waals surface area contributed by atoms with E-state index in [0.29, 0.717) is 17.0 Å². The minimum atomic E-state index is -1.63. The van der Waals surface area contributed by atoms with Crippen molar-refractivity contribution in [3.63, 3.8) is 0 Å². The van der Waals surface area contributed by atoms with Crippen molar-refractivity contribution in [3.8, 4) is 0 Å². The van der Waals surface area contributed by atoms with Crippen LogP contribution in [0.1, 0.15) is 12.7 Å². The SMILES string of the molecule is CC(=O)C(O)C(O)C(O)CO.Cc1nc2ncnc(N)c2[nH]1. The molecule has 2 aromatic heterocycles. The highest BCUT2D eigenvalue weighted by molar-refractivity contribution is 5.81. The molecule has 2 aromatic rings. The highest BCUT2D eigenvalue weighted by Gasteiger charge is 2.26. The normalized spacial score (nSPS) is 14.8. The highest BCUT2D eigenvalue weighted by Crippen LogP contribution is 2.11. The average Bonchev–Trinajstić information content (AvgIpc) is 2.87. The number of fused-ring (bicyclic) bond motifs is 1. The van der Waals surface area contributed by atoms with Gasteiger partial charge in [-0.3, -0.25) is 4.79 Å². The van der Waals surface area contributed by atoms with Crippen LogP contribution < -0.4 is 5.73 Å². The molecule has 0 aliphatic carbocycles. The topological polar surface area (TPSA) is 178 Å². The first-order chi connectivity index (χ1) is 10.3. The van der Waals surface area contributed by atoms with E-state index in [4.69, 9.17) is 26.2 Å². The molecule has 10 heteroatoms. The molecule has 7 N–H and O–H groups in total. The third kappa shape index (κ3) is 4.43. The van der Waals surface area contributed by atoms with Crippen molar-refractivity contribution in [2.45, 2.75) is 32.2 Å². The Kier molecular flexibility index (Phi) is 6.31. The number of nitrogens with one attached hydrogen (secondary N) is 1. The number of aliphatic hydroxyl groups is 4. The van der Waals surface area contributed by atoms with Gasteiger partial charge in [0.05, 0.1) is 6.61 Å². The number of carbonyl (C=O) groups is 1. The van der Waals surface area contributed by atoms with Gasteiger partial charge in [-0.2, -0.15) is 0 Å². The number of aromatic nitrogens is 4. The fourth-order valence-corrected chi connectivity index (χ4v) is 1.52. The number of aliphatic hydroxyl groups excluding tert-OH is 4. The molecule has 22 heavy (non-hydrogen) atoms. The number of H-pyrrole nitrogens is 1. The molecule has 3 unspecified atom stereocenters. The number of imidazole rings is 1. The Morgan fingerprint density at radius 2 is 2.00 bits per heavy atom. The number of nitrogens with zero attached hydrogens (tertiary/aromatic N) is 3. The summed E-state index contributed by atoms with van der Waals surface area (Å²) < 4.78 is 0. The Morgan fingerprint density at radius 3 is 2.50 bits per heavy atom. The smallest absolute Gasteiger partial charge is 0.183 e. The monoisotopic (exact) mass is 313 g/mol. The maximum absolute atomic E-state index is 10.4. The van der Waals surface area contributed by atoms with Gasteiger partial charge in [0.15, 0.2) is 17.2 Å². The fourth-order valence-electron chi connectivity index (χ4n) is 1.52. The number of anilines is 1. The van der Waals surface area contributed by atoms with Gasteiger partial charge in [-0.1, -0.05) is 0 Å². The molecule has 0 amide bonds. The van der Waals surface area contributed by atoms with E-state index in [1.54, 1.807) is 0 Å². The molecule has 0 fully saturated rings. The second-order valence-corrected chi connectivity index (χ2v) is 4.58. The first-order valence-electron chi connectivity index (χ1n) is 6.36. The number of nitrogens with two attached hydrogens (primary N) is 1. The largest absolute Gasteiger partial charge is 0.394 e. The van der Waals surface area contributed by atoms with Crippen LogP contribution >= 0.6 is 0 Å². The predicted molar refractivity (Wildman–Crippen MR) is 76.6 cm³/mol. The van der Waals surface area contributed by atoms with Crippen LogP contribution in [0.25, 0.3) is 11.2 Å². The van der Waals surface area contributed by atoms with Crippen LogP contribution in [0.15, 0.2) is 6.33 Å². The number of hydrogen-bond donors (Lipinski definition) is 6. The summed E-state index contributed by atoms with van der Waals surface area (Å²) in [4.78, 5) is 25.2. The Bertz CT molecular complexity index is 631. The number of nitrogen functional groups attached to an aromatic ring is 1. The predicted octanol–water partition coefficient (Wildman–Crippen LogP) is -2.11. The first kappa shape index (κ1) is 17.9. The van der Waals surface area contributed by atoms with Gasteiger partial charge in [-0.25, -0.2) is 15.0 Å². The zero-order valence-corrected chi connectivity index (χ0v) is 12.1. The molecule has 0 bridgehead atoms. The van der Waals surface area contributed by atoms with Crippen molar-refractivity contribution in [2.75, 3.05) is 12.3 Å². The van der Waals surface area contributed by atoms with Crippen LogP contribution in [-0.2, 0) is 4.79 Å². The number of Topliss-reactive ketones (excluding diaryl/α,β-unsaturated/α-hetero) is 1. The van der Waals surface area contributed by atoms with Crippen molar-refractivity contribution >= 4 is 22.8 Å². The van der Waals surface area contributed by atoms with Crippen LogP contribution in [0.4, 0.5) is 5.82 Å². The fraction of sp³-hybridized carbons (Fsp3) is 0.500. The van der Waals surface area contributed by atoms with Crippen LogP contribution in [0.5, 0.6) is 0 Å². The quantitative estimate of drug-likeness (QED) is 0.368. The zero-order valence-electron chi connectivity index (χ0n) is 12.1. The van der Waals surface area contributed by atoms with Crippen LogP contribution in [-0.4, -0.2) is 71.1 Å². The summed E-state index contributed by atoms with van der Waals surface area (Å²) in [5.74, 6) is 0.591. The first-order valence-corrected chi connectivity index (χ1v) is 6.36. The minimum absolute atomic E-state index is 0.440. The zero-order chi connectivity index (χ0) is 16.9. The number of carbonyl (C=O) groups excluding carboxylic acids is 1. The van der Waals surface area contributed by atoms with Gasteiger partial charge in [-0.15, -0.1) is 0 Å². The summed E-state index contributed by atoms with van der Waals surface area (Å²) in [5.41, 5.74) is 6.88. The van der Waals surface area contributed by atoms with E-state index in [0.717, 1.165) is 12.7 Å². The molecule has 3 atom stereocenters. The Labute approximate surface area is 125 Å². The van der Waals surface area contributed by atoms with Gasteiger partial charge < -0.3 is 31.1 Å². The average molecular weight is 313 g/mol. The Hall–Kier alpha value is -2.14. The molecule has 0 saturated carbocycles. The molecule has 0 radical (unpaired) electrons. The van der Waals surface area contributed by atoms with E-state index < -0.39 is 30.7 Å². The molecular formula is C12H19N5O5. The van der Waals surface area contributed by atoms with Crippen molar-refractivity contribution in [1.29, 1.82) is 0 Å². The van der Waals surface area contributed by atoms with Crippen molar-refractivity contribution < 1.29 is 25.2 Å². The van der Waals surface area contributed by atoms with E-state index >= 15 is 0 Å². The Balaban J connectivity index is 0.000000220. The Morgan fingerprint density at radius 1 is 1.36 bits per heavy atom. The number of aromatic amines is 1. The second-order valence-electron chi connectivity index (χ2n) is 4.58. The molecule has 0 aromatic carbocycles. The number of hydrogen-bond acceptors (Lipinski definition) is 9. The van der Waals surface area contributed by atoms with Gasteiger partial charge in [0.1, 0.15) is 36.0 Å². The summed E-state index contributed by atoms with van der Waals surface area (Å²) >= 11 is 0. The number of aryl methyl sites for hydroxylation is 1. The molecule has 2 heterocycles. The van der Waals surface area contributed by atoms with Gasteiger partial charge in [0.2, 0.25) is 0 Å². The highest BCUT2D eigenvalue weighted by atomic mass is 16.4. The molecule has 0 spiro atoms. The van der Waals surface area contributed by atoms with E-state index in [1.165, 1.54) is 6.33 Å². The van der Waals surface area contributed by atoms with E-state index in [-0.39, 0.29) is 0 Å². The maximum atomic E-state index is 10.4. The minimum Gasteiger partial charge on any atom is -0.394 e. The van der Waals surface area contributed by atoms with E-state index in [2.05, 4.69) is 19.9 Å². The van der Waals surface area contributed by atoms with Crippen LogP contribution in [0.2, 0.25) is 0 Å². The second kappa shape index (κ2) is 7.75. The molecule has 10 nitrogen and oxygen atoms in total. The van der Waals surface area contributed by atoms with Gasteiger partial charge in [0.25, 0.3) is 0 Å². The summed E-state index contributed by atoms with van der Waals surface area (Å²) in [6.07, 6.45) is -3.32. The molecule has 122 valence electrons. The molecule has 2 rings (SSSR count). The van der Waals surface area contributed by atoms with Crippen molar-refractivity contribution in [1.82, 2.24) is 19.9 Å². The summed E-state index contributed by atoms with van der Waals surface area (Å²) in [6.45, 7) is 2.24. The summed E-state index contributed by atoms with van der Waals surface area (Å²) in [7, 11) is 0. The lowest BCUT2D eigenvalue weighted by Gasteiger charge is -2.18. The van der Waals surface area contributed by atoms with Gasteiger partial charge in [-0.05, 0) is 13.8 Å². The maximum Gasteiger partial charge on any atom is 0.183 e. The van der Waals surface area contributed by atoms with Crippen molar-refractivity contribution in [3.05, 3.63) is 12.2 Å². The number of rotatable bonds is 4. The molecule has 0 aliphatic rings. The molecule has 0 aliphatic heterocycles. The number of ketones is 1. The third-order valence-corrected chi connectivity index (χ3v) is 2.76. The van der Waals surface area contributed by atoms with E-state index in [1.807, 2.05) is 6.92 Å². The summed E-state index contributed by atoms with van der Waals surface area (Å²) in [5, 5.41) is 34.7. The van der Waals surface area contributed by atoms with Gasteiger partial charge in [0, 0.05) is 0 Å². The van der Waals surface area contributed by atoms with Crippen LogP contribution in [0, 0.1) is 6.92 Å². The summed E-state index contributed by atoms with van der Waals surface area (Å²) in [6, 6.07) is 0. The van der Waals surface area contributed by atoms with Crippen LogP contribution in [0.3, 0.4) is 0 Å². The third-order valence-electron chi connectivity index (χ3n) is 2.76. The van der Waals surface area contributed by atoms with Gasteiger partial charge >= 0.3 is 0 Å². The van der Waals surface area contributed by atoms with E-state index in [9.17, 15) is 4.79 Å². The standard InChI is InChI=1S/C6H7N5.C6H12O5/c1-3-10-4-5(7)8-2-9-6(4)11-3;1-3(8)5(10)6(11)4(9)2-7/h2H,1H3,(H3,7,8,9,10,11);4-7,9-11H,2H2,1H3. The lowest BCUT2D eigenvalue weighted by molar-refractivity contribution is -0.137. The molecular weight excluding hydrogens is 294 g/mol. The lowest BCUT2D eigenvalue weighted by Crippen LogP contribution is -2.42. The van der Waals surface area contributed by atoms with Crippen molar-refractivity contribution in [2.24, 2.45) is 0 Å².